The molecule has 2 rings (SSSR count). The van der Waals surface area contributed by atoms with Crippen molar-refractivity contribution < 1.29 is 9.59 Å². The van der Waals surface area contributed by atoms with Gasteiger partial charge in [0.2, 0.25) is 5.91 Å². The van der Waals surface area contributed by atoms with Crippen LogP contribution in [-0.4, -0.2) is 16.7 Å². The number of pyridine rings is 1. The molecule has 0 saturated carbocycles. The van der Waals surface area contributed by atoms with Crippen LogP contribution in [0.5, 0.6) is 0 Å². The number of thiophene rings is 1. The van der Waals surface area contributed by atoms with Crippen LogP contribution < -0.4 is 5.32 Å². The van der Waals surface area contributed by atoms with E-state index in [-0.39, 0.29) is 29.7 Å². The number of Topliss-reactive ketones (excluding diaryl/α,β-unsaturated/α-hetero) is 1. The van der Waals surface area contributed by atoms with Crippen LogP contribution in [0.2, 0.25) is 5.15 Å². The van der Waals surface area contributed by atoms with E-state index >= 15 is 0 Å². The number of hydrogen-bond acceptors (Lipinski definition) is 4. The van der Waals surface area contributed by atoms with Crippen molar-refractivity contribution in [3.05, 3.63) is 45.9 Å². The molecule has 0 aliphatic carbocycles. The largest absolute Gasteiger partial charge is 0.323 e. The zero-order valence-corrected chi connectivity index (χ0v) is 11.5. The summed E-state index contributed by atoms with van der Waals surface area (Å²) in [6.07, 6.45) is 1.85. The third-order valence-electron chi connectivity index (χ3n) is 2.41. The molecule has 19 heavy (non-hydrogen) atoms. The van der Waals surface area contributed by atoms with Crippen LogP contribution >= 0.6 is 22.9 Å². The minimum Gasteiger partial charge on any atom is -0.323 e. The molecule has 2 aromatic rings. The molecule has 0 radical (unpaired) electrons. The van der Waals surface area contributed by atoms with Crippen LogP contribution in [-0.2, 0) is 4.79 Å². The first-order valence-corrected chi connectivity index (χ1v) is 6.89. The molecule has 1 N–H and O–H groups in total. The standard InChI is InChI=1S/C13H11ClN2O2S/c14-13-9(3-1-7-15-13)16-12(18)6-5-10(17)11-4-2-8-19-11/h1-4,7-8H,5-6H2,(H,16,18). The lowest BCUT2D eigenvalue weighted by Gasteiger charge is -2.05. The zero-order valence-electron chi connectivity index (χ0n) is 9.93. The number of amides is 1. The first-order chi connectivity index (χ1) is 9.16. The number of nitrogens with one attached hydrogen (secondary N) is 1. The van der Waals surface area contributed by atoms with Crippen molar-refractivity contribution in [2.45, 2.75) is 12.8 Å². The van der Waals surface area contributed by atoms with Crippen molar-refractivity contribution in [2.24, 2.45) is 0 Å². The van der Waals surface area contributed by atoms with Gasteiger partial charge >= 0.3 is 0 Å². The molecule has 98 valence electrons. The predicted octanol–water partition coefficient (Wildman–Crippen LogP) is 3.40. The number of nitrogens with zero attached hydrogens (tertiary/aromatic N) is 1. The van der Waals surface area contributed by atoms with Crippen molar-refractivity contribution in [2.75, 3.05) is 5.32 Å². The van der Waals surface area contributed by atoms with E-state index in [0.29, 0.717) is 10.6 Å². The molecule has 2 heterocycles. The molecule has 1 amide bonds. The summed E-state index contributed by atoms with van der Waals surface area (Å²) >= 11 is 7.20. The maximum absolute atomic E-state index is 11.7. The Morgan fingerprint density at radius 1 is 1.26 bits per heavy atom. The Morgan fingerprint density at radius 3 is 2.79 bits per heavy atom. The van der Waals surface area contributed by atoms with Gasteiger partial charge in [0.15, 0.2) is 10.9 Å². The van der Waals surface area contributed by atoms with E-state index in [0.717, 1.165) is 0 Å². The average Bonchev–Trinajstić information content (AvgIpc) is 2.93. The molecule has 0 aliphatic rings. The van der Waals surface area contributed by atoms with Gasteiger partial charge in [-0.15, -0.1) is 11.3 Å². The number of carbonyl (C=O) groups is 2. The van der Waals surface area contributed by atoms with Gasteiger partial charge in [-0.1, -0.05) is 17.7 Å². The SMILES string of the molecule is O=C(CCC(=O)c1cccs1)Nc1cccnc1Cl. The molecular formula is C13H11ClN2O2S. The molecule has 4 nitrogen and oxygen atoms in total. The first-order valence-electron chi connectivity index (χ1n) is 5.64. The van der Waals surface area contributed by atoms with Crippen molar-refractivity contribution >= 4 is 40.3 Å². The van der Waals surface area contributed by atoms with E-state index in [2.05, 4.69) is 10.3 Å². The summed E-state index contributed by atoms with van der Waals surface area (Å²) in [4.78, 5) is 27.9. The molecule has 0 fully saturated rings. The molecule has 0 bridgehead atoms. The summed E-state index contributed by atoms with van der Waals surface area (Å²) in [6.45, 7) is 0. The second-order valence-electron chi connectivity index (χ2n) is 3.79. The Labute approximate surface area is 119 Å². The number of rotatable bonds is 5. The van der Waals surface area contributed by atoms with Gasteiger partial charge in [-0.2, -0.15) is 0 Å². The fourth-order valence-corrected chi connectivity index (χ4v) is 2.34. The quantitative estimate of drug-likeness (QED) is 0.679. The molecule has 0 aliphatic heterocycles. The second-order valence-corrected chi connectivity index (χ2v) is 5.10. The van der Waals surface area contributed by atoms with E-state index in [1.54, 1.807) is 18.2 Å². The highest BCUT2D eigenvalue weighted by Gasteiger charge is 2.11. The lowest BCUT2D eigenvalue weighted by molar-refractivity contribution is -0.116. The number of anilines is 1. The second kappa shape index (κ2) is 6.45. The summed E-state index contributed by atoms with van der Waals surface area (Å²) in [5.41, 5.74) is 0.456. The Morgan fingerprint density at radius 2 is 2.11 bits per heavy atom. The van der Waals surface area contributed by atoms with Crippen LogP contribution in [0.3, 0.4) is 0 Å². The monoisotopic (exact) mass is 294 g/mol. The lowest BCUT2D eigenvalue weighted by atomic mass is 10.2. The Hall–Kier alpha value is -1.72. The van der Waals surface area contributed by atoms with E-state index in [4.69, 9.17) is 11.6 Å². The fourth-order valence-electron chi connectivity index (χ4n) is 1.48. The van der Waals surface area contributed by atoms with Crippen molar-refractivity contribution in [1.82, 2.24) is 4.98 Å². The van der Waals surface area contributed by atoms with Crippen molar-refractivity contribution in [3.63, 3.8) is 0 Å². The highest BCUT2D eigenvalue weighted by atomic mass is 35.5. The zero-order chi connectivity index (χ0) is 13.7. The molecule has 0 unspecified atom stereocenters. The van der Waals surface area contributed by atoms with Crippen LogP contribution in [0.1, 0.15) is 22.5 Å². The maximum atomic E-state index is 11.7. The first kappa shape index (κ1) is 13.7. The number of ketones is 1. The summed E-state index contributed by atoms with van der Waals surface area (Å²) in [6, 6.07) is 6.91. The Balaban J connectivity index is 1.86. The van der Waals surface area contributed by atoms with Gasteiger partial charge in [0, 0.05) is 19.0 Å². The van der Waals surface area contributed by atoms with Crippen molar-refractivity contribution in [3.8, 4) is 0 Å². The molecule has 0 saturated heterocycles. The van der Waals surface area contributed by atoms with Crippen molar-refractivity contribution in [1.29, 1.82) is 0 Å². The van der Waals surface area contributed by atoms with Gasteiger partial charge in [0.05, 0.1) is 10.6 Å². The molecule has 0 aromatic carbocycles. The van der Waals surface area contributed by atoms with Crippen LogP contribution in [0, 0.1) is 0 Å². The maximum Gasteiger partial charge on any atom is 0.224 e. The van der Waals surface area contributed by atoms with E-state index in [1.807, 2.05) is 11.4 Å². The number of aromatic nitrogens is 1. The third-order valence-corrected chi connectivity index (χ3v) is 3.62. The number of carbonyl (C=O) groups excluding carboxylic acids is 2. The normalized spacial score (nSPS) is 10.2. The number of halogens is 1. The molecule has 2 aromatic heterocycles. The molecule has 6 heteroatoms. The lowest BCUT2D eigenvalue weighted by Crippen LogP contribution is -2.13. The minimum absolute atomic E-state index is 0.0255. The molecule has 0 spiro atoms. The van der Waals surface area contributed by atoms with Gasteiger partial charge in [0.1, 0.15) is 0 Å². The fraction of sp³-hybridized carbons (Fsp3) is 0.154. The molecular weight excluding hydrogens is 284 g/mol. The minimum atomic E-state index is -0.250. The Bertz CT molecular complexity index is 584. The van der Waals surface area contributed by atoms with Gasteiger partial charge in [-0.05, 0) is 23.6 Å². The van der Waals surface area contributed by atoms with Crippen LogP contribution in [0.4, 0.5) is 5.69 Å². The van der Waals surface area contributed by atoms with Gasteiger partial charge in [-0.25, -0.2) is 4.98 Å². The highest BCUT2D eigenvalue weighted by Crippen LogP contribution is 2.18. The molecule has 0 atom stereocenters. The topological polar surface area (TPSA) is 59.1 Å². The third kappa shape index (κ3) is 3.87. The Kier molecular flexibility index (Phi) is 4.65. The van der Waals surface area contributed by atoms with Crippen LogP contribution in [0.25, 0.3) is 0 Å². The average molecular weight is 295 g/mol. The summed E-state index contributed by atoms with van der Waals surface area (Å²) in [7, 11) is 0. The number of hydrogen-bond donors (Lipinski definition) is 1. The van der Waals surface area contributed by atoms with Crippen LogP contribution in [0.15, 0.2) is 35.8 Å². The van der Waals surface area contributed by atoms with Gasteiger partial charge < -0.3 is 5.32 Å². The predicted molar refractivity (Wildman–Crippen MR) is 75.8 cm³/mol. The van der Waals surface area contributed by atoms with E-state index < -0.39 is 0 Å². The summed E-state index contributed by atoms with van der Waals surface area (Å²) < 4.78 is 0. The van der Waals surface area contributed by atoms with Gasteiger partial charge in [-0.3, -0.25) is 9.59 Å². The van der Waals surface area contributed by atoms with E-state index in [9.17, 15) is 9.59 Å². The summed E-state index contributed by atoms with van der Waals surface area (Å²) in [5.74, 6) is -0.276. The smallest absolute Gasteiger partial charge is 0.224 e. The summed E-state index contributed by atoms with van der Waals surface area (Å²) in [5, 5.41) is 4.70. The van der Waals surface area contributed by atoms with E-state index in [1.165, 1.54) is 17.5 Å². The van der Waals surface area contributed by atoms with Gasteiger partial charge in [0.25, 0.3) is 0 Å². The highest BCUT2D eigenvalue weighted by molar-refractivity contribution is 7.12.